The molecule has 0 aromatic heterocycles. The Hall–Kier alpha value is -1.06. The minimum Gasteiger partial charge on any atom is -0.344 e. The van der Waals surface area contributed by atoms with E-state index in [1.165, 1.54) is 5.56 Å². The van der Waals surface area contributed by atoms with Gasteiger partial charge in [0.15, 0.2) is 0 Å². The number of carbonyl (C=O) groups excluding carboxylic acids is 1. The topological polar surface area (TPSA) is 32.3 Å². The molecule has 98 valence electrons. The minimum absolute atomic E-state index is 0.243. The highest BCUT2D eigenvalue weighted by Crippen LogP contribution is 2.19. The highest BCUT2D eigenvalue weighted by atomic mass is 35.5. The Morgan fingerprint density at radius 3 is 2.67 bits per heavy atom. The van der Waals surface area contributed by atoms with Gasteiger partial charge >= 0.3 is 0 Å². The number of rotatable bonds is 3. The van der Waals surface area contributed by atoms with Crippen molar-refractivity contribution in [3.63, 3.8) is 0 Å². The molecule has 1 saturated heterocycles. The van der Waals surface area contributed by atoms with Crippen LogP contribution >= 0.6 is 11.6 Å². The maximum Gasteiger partial charge on any atom is 0.222 e. The number of nitrogens with zero attached hydrogens (tertiary/aromatic N) is 1. The Balaban J connectivity index is 1.93. The number of piperidine rings is 1. The molecule has 0 saturated carbocycles. The zero-order chi connectivity index (χ0) is 13.1. The molecule has 1 aromatic rings. The van der Waals surface area contributed by atoms with Gasteiger partial charge in [0.2, 0.25) is 5.91 Å². The first-order valence-corrected chi connectivity index (χ1v) is 6.69. The molecule has 1 N–H and O–H groups in total. The first kappa shape index (κ1) is 13.4. The quantitative estimate of drug-likeness (QED) is 0.912. The molecule has 2 unspecified atom stereocenters. The van der Waals surface area contributed by atoms with Crippen LogP contribution in [0.15, 0.2) is 24.3 Å². The molecule has 2 rings (SSSR count). The van der Waals surface area contributed by atoms with Crippen LogP contribution in [0.2, 0.25) is 5.02 Å². The van der Waals surface area contributed by atoms with E-state index < -0.39 is 0 Å². The molecule has 0 bridgehead atoms. The minimum atomic E-state index is 0.243. The van der Waals surface area contributed by atoms with Crippen molar-refractivity contribution >= 4 is 17.5 Å². The number of amides is 1. The van der Waals surface area contributed by atoms with Crippen LogP contribution in [0.4, 0.5) is 0 Å². The van der Waals surface area contributed by atoms with Crippen LogP contribution in [0, 0.1) is 0 Å². The SMILES string of the molecule is CC(NC1CCC(=O)N(C)C1)c1ccc(Cl)cc1. The van der Waals surface area contributed by atoms with E-state index in [4.69, 9.17) is 11.6 Å². The van der Waals surface area contributed by atoms with Crippen molar-refractivity contribution in [2.75, 3.05) is 13.6 Å². The number of halogens is 1. The Kier molecular flexibility index (Phi) is 4.25. The molecule has 0 aliphatic carbocycles. The third-order valence-corrected chi connectivity index (χ3v) is 3.73. The molecule has 0 radical (unpaired) electrons. The van der Waals surface area contributed by atoms with Gasteiger partial charge in [-0.2, -0.15) is 0 Å². The van der Waals surface area contributed by atoms with Crippen molar-refractivity contribution in [1.29, 1.82) is 0 Å². The molecule has 1 aromatic carbocycles. The monoisotopic (exact) mass is 266 g/mol. The summed E-state index contributed by atoms with van der Waals surface area (Å²) in [5.74, 6) is 0.243. The van der Waals surface area contributed by atoms with Crippen LogP contribution in [0.25, 0.3) is 0 Å². The van der Waals surface area contributed by atoms with E-state index in [-0.39, 0.29) is 11.9 Å². The summed E-state index contributed by atoms with van der Waals surface area (Å²) in [7, 11) is 1.86. The highest BCUT2D eigenvalue weighted by Gasteiger charge is 2.23. The fraction of sp³-hybridized carbons (Fsp3) is 0.500. The largest absolute Gasteiger partial charge is 0.344 e. The fourth-order valence-electron chi connectivity index (χ4n) is 2.35. The first-order chi connectivity index (χ1) is 8.56. The van der Waals surface area contributed by atoms with Gasteiger partial charge < -0.3 is 10.2 Å². The van der Waals surface area contributed by atoms with E-state index in [1.807, 2.05) is 31.3 Å². The molecule has 1 aliphatic heterocycles. The second kappa shape index (κ2) is 5.72. The molecule has 1 aliphatic rings. The molecule has 3 nitrogen and oxygen atoms in total. The van der Waals surface area contributed by atoms with E-state index in [0.717, 1.165) is 18.0 Å². The van der Waals surface area contributed by atoms with Crippen molar-refractivity contribution in [1.82, 2.24) is 10.2 Å². The van der Waals surface area contributed by atoms with E-state index in [9.17, 15) is 4.79 Å². The van der Waals surface area contributed by atoms with Gasteiger partial charge in [0.05, 0.1) is 0 Å². The molecule has 2 atom stereocenters. The van der Waals surface area contributed by atoms with Gasteiger partial charge in [-0.25, -0.2) is 0 Å². The number of hydrogen-bond donors (Lipinski definition) is 1. The number of nitrogens with one attached hydrogen (secondary N) is 1. The molecular formula is C14H19ClN2O. The smallest absolute Gasteiger partial charge is 0.222 e. The van der Waals surface area contributed by atoms with Crippen molar-refractivity contribution in [3.05, 3.63) is 34.9 Å². The van der Waals surface area contributed by atoms with Gasteiger partial charge in [-0.05, 0) is 31.0 Å². The fourth-order valence-corrected chi connectivity index (χ4v) is 2.48. The lowest BCUT2D eigenvalue weighted by molar-refractivity contribution is -0.132. The van der Waals surface area contributed by atoms with Crippen LogP contribution in [0.3, 0.4) is 0 Å². The zero-order valence-corrected chi connectivity index (χ0v) is 11.6. The first-order valence-electron chi connectivity index (χ1n) is 6.31. The molecule has 4 heteroatoms. The van der Waals surface area contributed by atoms with Gasteiger partial charge in [0.25, 0.3) is 0 Å². The van der Waals surface area contributed by atoms with Crippen molar-refractivity contribution in [2.45, 2.75) is 31.8 Å². The lowest BCUT2D eigenvalue weighted by atomic mass is 10.0. The summed E-state index contributed by atoms with van der Waals surface area (Å²) in [5.41, 5.74) is 1.22. The van der Waals surface area contributed by atoms with Crippen LogP contribution in [-0.4, -0.2) is 30.4 Å². The van der Waals surface area contributed by atoms with Gasteiger partial charge in [0, 0.05) is 37.1 Å². The summed E-state index contributed by atoms with van der Waals surface area (Å²) >= 11 is 5.88. The number of likely N-dealkylation sites (N-methyl/N-ethyl adjacent to an activating group) is 1. The lowest BCUT2D eigenvalue weighted by Gasteiger charge is -2.32. The Morgan fingerprint density at radius 2 is 2.06 bits per heavy atom. The van der Waals surface area contributed by atoms with E-state index >= 15 is 0 Å². The van der Waals surface area contributed by atoms with Crippen molar-refractivity contribution in [2.24, 2.45) is 0 Å². The maximum absolute atomic E-state index is 11.4. The van der Waals surface area contributed by atoms with E-state index in [1.54, 1.807) is 4.90 Å². The number of likely N-dealkylation sites (tertiary alicyclic amines) is 1. The summed E-state index contributed by atoms with van der Waals surface area (Å²) in [5, 5.41) is 4.33. The lowest BCUT2D eigenvalue weighted by Crippen LogP contribution is -2.47. The molecular weight excluding hydrogens is 248 g/mol. The summed E-state index contributed by atoms with van der Waals surface area (Å²) in [6.45, 7) is 2.93. The summed E-state index contributed by atoms with van der Waals surface area (Å²) in [4.78, 5) is 13.2. The normalized spacial score (nSPS) is 22.1. The molecule has 1 heterocycles. The molecule has 0 spiro atoms. The summed E-state index contributed by atoms with van der Waals surface area (Å²) in [6.07, 6.45) is 1.56. The van der Waals surface area contributed by atoms with Crippen LogP contribution in [0.1, 0.15) is 31.4 Å². The third-order valence-electron chi connectivity index (χ3n) is 3.48. The zero-order valence-electron chi connectivity index (χ0n) is 10.8. The molecule has 1 amide bonds. The third kappa shape index (κ3) is 3.24. The number of benzene rings is 1. The Bertz CT molecular complexity index is 418. The Morgan fingerprint density at radius 1 is 1.39 bits per heavy atom. The standard InChI is InChI=1S/C14H19ClN2O/c1-10(11-3-5-12(15)6-4-11)16-13-7-8-14(18)17(2)9-13/h3-6,10,13,16H,7-9H2,1-2H3. The van der Waals surface area contributed by atoms with Gasteiger partial charge in [-0.3, -0.25) is 4.79 Å². The maximum atomic E-state index is 11.4. The second-order valence-corrected chi connectivity index (χ2v) is 5.39. The van der Waals surface area contributed by atoms with Gasteiger partial charge in [-0.15, -0.1) is 0 Å². The molecule has 1 fully saturated rings. The van der Waals surface area contributed by atoms with Crippen LogP contribution < -0.4 is 5.32 Å². The molecule has 18 heavy (non-hydrogen) atoms. The number of carbonyl (C=O) groups is 1. The highest BCUT2D eigenvalue weighted by molar-refractivity contribution is 6.30. The summed E-state index contributed by atoms with van der Waals surface area (Å²) in [6, 6.07) is 8.54. The summed E-state index contributed by atoms with van der Waals surface area (Å²) < 4.78 is 0. The second-order valence-electron chi connectivity index (χ2n) is 4.95. The van der Waals surface area contributed by atoms with E-state index in [2.05, 4.69) is 12.2 Å². The van der Waals surface area contributed by atoms with Crippen molar-refractivity contribution < 1.29 is 4.79 Å². The van der Waals surface area contributed by atoms with Crippen LogP contribution in [-0.2, 0) is 4.79 Å². The van der Waals surface area contributed by atoms with Gasteiger partial charge in [0.1, 0.15) is 0 Å². The van der Waals surface area contributed by atoms with E-state index in [0.29, 0.717) is 12.5 Å². The number of hydrogen-bond acceptors (Lipinski definition) is 2. The average Bonchev–Trinajstić information content (AvgIpc) is 2.34. The van der Waals surface area contributed by atoms with Crippen molar-refractivity contribution in [3.8, 4) is 0 Å². The van der Waals surface area contributed by atoms with Crippen LogP contribution in [0.5, 0.6) is 0 Å². The predicted octanol–water partition coefficient (Wildman–Crippen LogP) is 2.61. The predicted molar refractivity (Wildman–Crippen MR) is 73.7 cm³/mol. The van der Waals surface area contributed by atoms with Gasteiger partial charge in [-0.1, -0.05) is 23.7 Å². The average molecular weight is 267 g/mol. The Labute approximate surface area is 113 Å².